The number of nitrogens with zero attached hydrogens (tertiary/aromatic N) is 2. The van der Waals surface area contributed by atoms with Crippen LogP contribution < -0.4 is 15.4 Å². The summed E-state index contributed by atoms with van der Waals surface area (Å²) in [6.07, 6.45) is 0. The Morgan fingerprint density at radius 1 is 1.18 bits per heavy atom. The molecule has 0 radical (unpaired) electrons. The van der Waals surface area contributed by atoms with Crippen LogP contribution in [0.25, 0.3) is 0 Å². The van der Waals surface area contributed by atoms with E-state index in [1.54, 1.807) is 0 Å². The number of aliphatic imine (C=N–C) groups is 1. The molecule has 0 aliphatic rings. The standard InChI is InChI=1S/C16H28N4O.HI/c1-4-17-16(18-11-13-20(3)5-2)19-12-14-21-15-9-7-6-8-10-15;/h6-10H,4-5,11-14H2,1-3H3,(H2,17,18,19);1H. The highest BCUT2D eigenvalue weighted by Crippen LogP contribution is 2.07. The zero-order chi connectivity index (χ0) is 15.3. The van der Waals surface area contributed by atoms with Gasteiger partial charge in [0.25, 0.3) is 0 Å². The fourth-order valence-corrected chi connectivity index (χ4v) is 1.69. The SMILES string of the molecule is CCNC(=NCCN(C)CC)NCCOc1ccccc1.I. The number of para-hydroxylation sites is 1. The quantitative estimate of drug-likeness (QED) is 0.278. The highest BCUT2D eigenvalue weighted by atomic mass is 127. The van der Waals surface area contributed by atoms with Crippen LogP contribution in [0.3, 0.4) is 0 Å². The van der Waals surface area contributed by atoms with Gasteiger partial charge in [0.1, 0.15) is 12.4 Å². The van der Waals surface area contributed by atoms with Crippen LogP contribution in [0.15, 0.2) is 35.3 Å². The average Bonchev–Trinajstić information content (AvgIpc) is 2.52. The van der Waals surface area contributed by atoms with Gasteiger partial charge in [0.05, 0.1) is 13.1 Å². The fourth-order valence-electron chi connectivity index (χ4n) is 1.69. The van der Waals surface area contributed by atoms with Crippen LogP contribution in [0.2, 0.25) is 0 Å². The summed E-state index contributed by atoms with van der Waals surface area (Å²) >= 11 is 0. The van der Waals surface area contributed by atoms with Gasteiger partial charge in [-0.15, -0.1) is 24.0 Å². The summed E-state index contributed by atoms with van der Waals surface area (Å²) in [7, 11) is 2.10. The van der Waals surface area contributed by atoms with Gasteiger partial charge in [0.15, 0.2) is 5.96 Å². The largest absolute Gasteiger partial charge is 0.492 e. The van der Waals surface area contributed by atoms with Gasteiger partial charge in [-0.25, -0.2) is 0 Å². The van der Waals surface area contributed by atoms with Gasteiger partial charge in [0, 0.05) is 13.1 Å². The molecule has 0 saturated heterocycles. The van der Waals surface area contributed by atoms with Crippen LogP contribution in [0, 0.1) is 0 Å². The minimum Gasteiger partial charge on any atom is -0.492 e. The van der Waals surface area contributed by atoms with Gasteiger partial charge in [-0.3, -0.25) is 4.99 Å². The Hall–Kier alpha value is -1.02. The van der Waals surface area contributed by atoms with Crippen LogP contribution in [0.1, 0.15) is 13.8 Å². The van der Waals surface area contributed by atoms with Crippen molar-refractivity contribution in [3.05, 3.63) is 30.3 Å². The summed E-state index contributed by atoms with van der Waals surface area (Å²) in [5.74, 6) is 1.74. The Bertz CT molecular complexity index is 400. The molecule has 0 atom stereocenters. The molecule has 1 aromatic rings. The van der Waals surface area contributed by atoms with Crippen LogP contribution in [-0.4, -0.2) is 57.2 Å². The summed E-state index contributed by atoms with van der Waals surface area (Å²) in [4.78, 5) is 6.78. The van der Waals surface area contributed by atoms with Crippen molar-refractivity contribution in [2.45, 2.75) is 13.8 Å². The summed E-state index contributed by atoms with van der Waals surface area (Å²) in [6.45, 7) is 9.21. The van der Waals surface area contributed by atoms with E-state index < -0.39 is 0 Å². The fraction of sp³-hybridized carbons (Fsp3) is 0.562. The second-order valence-corrected chi connectivity index (χ2v) is 4.74. The Kier molecular flexibility index (Phi) is 13.0. The van der Waals surface area contributed by atoms with Gasteiger partial charge < -0.3 is 20.3 Å². The van der Waals surface area contributed by atoms with E-state index in [1.165, 1.54) is 0 Å². The molecule has 126 valence electrons. The van der Waals surface area contributed by atoms with E-state index in [-0.39, 0.29) is 24.0 Å². The monoisotopic (exact) mass is 420 g/mol. The normalized spacial score (nSPS) is 11.0. The van der Waals surface area contributed by atoms with E-state index in [1.807, 2.05) is 30.3 Å². The highest BCUT2D eigenvalue weighted by Gasteiger charge is 1.98. The summed E-state index contributed by atoms with van der Waals surface area (Å²) < 4.78 is 5.64. The lowest BCUT2D eigenvalue weighted by Crippen LogP contribution is -2.39. The molecule has 0 fully saturated rings. The molecule has 0 saturated carbocycles. The van der Waals surface area contributed by atoms with Crippen molar-refractivity contribution in [3.8, 4) is 5.75 Å². The molecule has 0 unspecified atom stereocenters. The first-order valence-electron chi connectivity index (χ1n) is 7.64. The van der Waals surface area contributed by atoms with Gasteiger partial charge in [-0.05, 0) is 32.6 Å². The number of ether oxygens (including phenoxy) is 1. The summed E-state index contributed by atoms with van der Waals surface area (Å²) in [5, 5.41) is 6.52. The predicted octanol–water partition coefficient (Wildman–Crippen LogP) is 2.19. The first-order valence-corrected chi connectivity index (χ1v) is 7.64. The molecule has 0 bridgehead atoms. The van der Waals surface area contributed by atoms with E-state index in [2.05, 4.69) is 41.4 Å². The number of hydrogen-bond acceptors (Lipinski definition) is 3. The van der Waals surface area contributed by atoms with Crippen molar-refractivity contribution < 1.29 is 4.74 Å². The highest BCUT2D eigenvalue weighted by molar-refractivity contribution is 14.0. The Balaban J connectivity index is 0.00000441. The van der Waals surface area contributed by atoms with Gasteiger partial charge >= 0.3 is 0 Å². The summed E-state index contributed by atoms with van der Waals surface area (Å²) in [5.41, 5.74) is 0. The van der Waals surface area contributed by atoms with Crippen molar-refractivity contribution in [2.24, 2.45) is 4.99 Å². The van der Waals surface area contributed by atoms with Gasteiger partial charge in [0.2, 0.25) is 0 Å². The minimum absolute atomic E-state index is 0. The second-order valence-electron chi connectivity index (χ2n) is 4.74. The molecule has 22 heavy (non-hydrogen) atoms. The molecule has 0 aliphatic heterocycles. The maximum atomic E-state index is 5.64. The second kappa shape index (κ2) is 13.6. The first kappa shape index (κ1) is 21.0. The number of likely N-dealkylation sites (N-methyl/N-ethyl adjacent to an activating group) is 1. The number of benzene rings is 1. The van der Waals surface area contributed by atoms with E-state index in [0.29, 0.717) is 6.61 Å². The van der Waals surface area contributed by atoms with E-state index in [9.17, 15) is 0 Å². The van der Waals surface area contributed by atoms with Crippen LogP contribution in [0.4, 0.5) is 0 Å². The molecule has 2 N–H and O–H groups in total. The molecule has 0 spiro atoms. The van der Waals surface area contributed by atoms with Crippen LogP contribution in [0.5, 0.6) is 5.75 Å². The summed E-state index contributed by atoms with van der Waals surface area (Å²) in [6, 6.07) is 9.84. The number of rotatable bonds is 9. The lowest BCUT2D eigenvalue weighted by atomic mass is 10.3. The lowest BCUT2D eigenvalue weighted by Gasteiger charge is -2.14. The number of guanidine groups is 1. The first-order chi connectivity index (χ1) is 10.3. The molecule has 1 rings (SSSR count). The topological polar surface area (TPSA) is 48.9 Å². The van der Waals surface area contributed by atoms with Crippen molar-refractivity contribution in [1.29, 1.82) is 0 Å². The van der Waals surface area contributed by atoms with Crippen molar-refractivity contribution in [1.82, 2.24) is 15.5 Å². The third-order valence-corrected chi connectivity index (χ3v) is 3.04. The molecular weight excluding hydrogens is 391 g/mol. The number of halogens is 1. The maximum Gasteiger partial charge on any atom is 0.191 e. The Labute approximate surface area is 151 Å². The zero-order valence-corrected chi connectivity index (χ0v) is 16.2. The molecule has 6 heteroatoms. The van der Waals surface area contributed by atoms with E-state index >= 15 is 0 Å². The zero-order valence-electron chi connectivity index (χ0n) is 13.8. The smallest absolute Gasteiger partial charge is 0.191 e. The lowest BCUT2D eigenvalue weighted by molar-refractivity contribution is 0.322. The molecule has 0 amide bonds. The number of nitrogens with one attached hydrogen (secondary N) is 2. The van der Waals surface area contributed by atoms with Gasteiger partial charge in [-0.2, -0.15) is 0 Å². The maximum absolute atomic E-state index is 5.64. The Morgan fingerprint density at radius 2 is 1.91 bits per heavy atom. The van der Waals surface area contributed by atoms with Crippen LogP contribution in [-0.2, 0) is 0 Å². The predicted molar refractivity (Wildman–Crippen MR) is 105 cm³/mol. The van der Waals surface area contributed by atoms with E-state index in [0.717, 1.165) is 44.4 Å². The van der Waals surface area contributed by atoms with Crippen molar-refractivity contribution in [3.63, 3.8) is 0 Å². The average molecular weight is 420 g/mol. The molecule has 0 aromatic heterocycles. The van der Waals surface area contributed by atoms with Gasteiger partial charge in [-0.1, -0.05) is 25.1 Å². The van der Waals surface area contributed by atoms with Crippen molar-refractivity contribution in [2.75, 3.05) is 46.4 Å². The minimum atomic E-state index is 0. The molecule has 0 aliphatic carbocycles. The molecule has 1 aromatic carbocycles. The van der Waals surface area contributed by atoms with Crippen LogP contribution >= 0.6 is 24.0 Å². The third kappa shape index (κ3) is 9.83. The third-order valence-electron chi connectivity index (χ3n) is 3.04. The number of hydrogen-bond donors (Lipinski definition) is 2. The molecule has 0 heterocycles. The molecule has 5 nitrogen and oxygen atoms in total. The Morgan fingerprint density at radius 3 is 2.55 bits per heavy atom. The van der Waals surface area contributed by atoms with E-state index in [4.69, 9.17) is 4.74 Å². The van der Waals surface area contributed by atoms with Crippen molar-refractivity contribution >= 4 is 29.9 Å². The molecular formula is C16H29IN4O.